The number of carbonyl (C=O) groups excluding carboxylic acids is 1. The van der Waals surface area contributed by atoms with E-state index in [-0.39, 0.29) is 11.9 Å². The molecule has 1 aromatic rings. The molecule has 3 aliphatic heterocycles. The van der Waals surface area contributed by atoms with Gasteiger partial charge in [-0.2, -0.15) is 0 Å². The maximum Gasteiger partial charge on any atom is 0.234 e. The summed E-state index contributed by atoms with van der Waals surface area (Å²) in [5, 5.41) is 3.23. The summed E-state index contributed by atoms with van der Waals surface area (Å²) in [5.74, 6) is 0.172. The lowest BCUT2D eigenvalue weighted by molar-refractivity contribution is -0.123. The van der Waals surface area contributed by atoms with Crippen molar-refractivity contribution in [1.82, 2.24) is 15.1 Å². The Kier molecular flexibility index (Phi) is 5.09. The molecule has 2 bridgehead atoms. The van der Waals surface area contributed by atoms with Crippen molar-refractivity contribution in [2.45, 2.75) is 57.5 Å². The van der Waals surface area contributed by atoms with Gasteiger partial charge in [0, 0.05) is 19.1 Å². The highest BCUT2D eigenvalue weighted by Gasteiger charge is 2.30. The molecule has 0 aromatic heterocycles. The largest absolute Gasteiger partial charge is 0.348 e. The molecule has 136 valence electrons. The Labute approximate surface area is 151 Å². The van der Waals surface area contributed by atoms with E-state index in [1.807, 2.05) is 0 Å². The highest BCUT2D eigenvalue weighted by atomic mass is 16.2. The number of nitrogens with one attached hydrogen (secondary N) is 1. The number of piperidine rings is 1. The van der Waals surface area contributed by atoms with Crippen molar-refractivity contribution >= 4 is 5.91 Å². The lowest BCUT2D eigenvalue weighted by atomic mass is 9.89. The Morgan fingerprint density at radius 3 is 2.68 bits per heavy atom. The Morgan fingerprint density at radius 1 is 1.12 bits per heavy atom. The summed E-state index contributed by atoms with van der Waals surface area (Å²) in [5.41, 5.74) is 4.24. The van der Waals surface area contributed by atoms with Crippen LogP contribution in [0.5, 0.6) is 0 Å². The number of benzene rings is 1. The van der Waals surface area contributed by atoms with Gasteiger partial charge in [-0.3, -0.25) is 9.69 Å². The zero-order valence-corrected chi connectivity index (χ0v) is 15.5. The third-order valence-electron chi connectivity index (χ3n) is 6.37. The molecular formula is C21H31N3O. The second kappa shape index (κ2) is 7.46. The van der Waals surface area contributed by atoms with Crippen molar-refractivity contribution in [2.24, 2.45) is 0 Å². The second-order valence-corrected chi connectivity index (χ2v) is 8.07. The summed E-state index contributed by atoms with van der Waals surface area (Å²) >= 11 is 0. The monoisotopic (exact) mass is 341 g/mol. The summed E-state index contributed by atoms with van der Waals surface area (Å²) in [6.07, 6.45) is 7.44. The van der Waals surface area contributed by atoms with Gasteiger partial charge in [0.2, 0.25) is 5.91 Å². The normalized spacial score (nSPS) is 27.4. The molecule has 1 aliphatic carbocycles. The number of carbonyl (C=O) groups is 1. The highest BCUT2D eigenvalue weighted by Crippen LogP contribution is 2.25. The van der Waals surface area contributed by atoms with E-state index in [2.05, 4.69) is 40.2 Å². The number of fused-ring (bicyclic) bond motifs is 5. The molecule has 3 heterocycles. The van der Waals surface area contributed by atoms with E-state index in [0.29, 0.717) is 12.6 Å². The summed E-state index contributed by atoms with van der Waals surface area (Å²) in [6.45, 7) is 7.22. The van der Waals surface area contributed by atoms with Gasteiger partial charge >= 0.3 is 0 Å². The number of nitrogens with zero attached hydrogens (tertiary/aromatic N) is 2. The number of rotatable bonds is 4. The molecule has 3 saturated heterocycles. The molecule has 4 aliphatic rings. The third kappa shape index (κ3) is 3.90. The molecule has 0 unspecified atom stereocenters. The summed E-state index contributed by atoms with van der Waals surface area (Å²) in [4.78, 5) is 17.5. The van der Waals surface area contributed by atoms with Gasteiger partial charge in [0.15, 0.2) is 0 Å². The zero-order chi connectivity index (χ0) is 17.2. The summed E-state index contributed by atoms with van der Waals surface area (Å²) in [7, 11) is 0. The molecule has 1 aromatic carbocycles. The smallest absolute Gasteiger partial charge is 0.234 e. The summed E-state index contributed by atoms with van der Waals surface area (Å²) in [6, 6.07) is 7.49. The van der Waals surface area contributed by atoms with Gasteiger partial charge in [-0.25, -0.2) is 0 Å². The van der Waals surface area contributed by atoms with Gasteiger partial charge in [-0.15, -0.1) is 0 Å². The maximum absolute atomic E-state index is 12.6. The average molecular weight is 341 g/mol. The van der Waals surface area contributed by atoms with E-state index in [9.17, 15) is 4.79 Å². The van der Waals surface area contributed by atoms with Gasteiger partial charge in [0.05, 0.1) is 12.6 Å². The number of hydrogen-bond acceptors (Lipinski definition) is 3. The van der Waals surface area contributed by atoms with Crippen molar-refractivity contribution in [2.75, 3.05) is 32.7 Å². The van der Waals surface area contributed by atoms with Crippen molar-refractivity contribution in [1.29, 1.82) is 0 Å². The van der Waals surface area contributed by atoms with E-state index in [1.165, 1.54) is 68.3 Å². The van der Waals surface area contributed by atoms with Gasteiger partial charge in [0.1, 0.15) is 0 Å². The van der Waals surface area contributed by atoms with Crippen LogP contribution in [0, 0.1) is 0 Å². The molecule has 0 spiro atoms. The molecule has 1 N–H and O–H groups in total. The topological polar surface area (TPSA) is 35.6 Å². The number of aryl methyl sites for hydroxylation is 2. The number of amides is 1. The van der Waals surface area contributed by atoms with Crippen molar-refractivity contribution in [3.8, 4) is 0 Å². The summed E-state index contributed by atoms with van der Waals surface area (Å²) < 4.78 is 0. The van der Waals surface area contributed by atoms with Crippen LogP contribution < -0.4 is 5.32 Å². The molecule has 4 heteroatoms. The Hall–Kier alpha value is -1.39. The van der Waals surface area contributed by atoms with E-state index in [4.69, 9.17) is 0 Å². The Morgan fingerprint density at radius 2 is 1.88 bits per heavy atom. The first-order valence-corrected chi connectivity index (χ1v) is 10.1. The quantitative estimate of drug-likeness (QED) is 0.914. The van der Waals surface area contributed by atoms with Crippen LogP contribution in [0.25, 0.3) is 0 Å². The molecule has 4 nitrogen and oxygen atoms in total. The van der Waals surface area contributed by atoms with Gasteiger partial charge < -0.3 is 10.2 Å². The van der Waals surface area contributed by atoms with Gasteiger partial charge in [0.25, 0.3) is 0 Å². The third-order valence-corrected chi connectivity index (χ3v) is 6.37. The second-order valence-electron chi connectivity index (χ2n) is 8.07. The molecule has 3 fully saturated rings. The first-order chi connectivity index (χ1) is 12.2. The van der Waals surface area contributed by atoms with Crippen molar-refractivity contribution in [3.05, 3.63) is 34.9 Å². The number of hydrogen-bond donors (Lipinski definition) is 1. The molecule has 1 atom stereocenters. The predicted octanol–water partition coefficient (Wildman–Crippen LogP) is 2.52. The minimum Gasteiger partial charge on any atom is -0.348 e. The van der Waals surface area contributed by atoms with Crippen LogP contribution in [0.2, 0.25) is 0 Å². The average Bonchev–Trinajstić information content (AvgIpc) is 2.94. The fourth-order valence-corrected chi connectivity index (χ4v) is 4.75. The lowest BCUT2D eigenvalue weighted by Crippen LogP contribution is -2.44. The Bertz CT molecular complexity index is 622. The minimum absolute atomic E-state index is 0.0896. The molecule has 1 amide bonds. The molecular weight excluding hydrogens is 310 g/mol. The van der Waals surface area contributed by atoms with Crippen molar-refractivity contribution in [3.63, 3.8) is 0 Å². The molecule has 0 radical (unpaired) electrons. The van der Waals surface area contributed by atoms with E-state index in [1.54, 1.807) is 0 Å². The molecule has 0 saturated carbocycles. The minimum atomic E-state index is 0.0896. The van der Waals surface area contributed by atoms with Crippen LogP contribution in [0.4, 0.5) is 0 Å². The Balaban J connectivity index is 1.35. The zero-order valence-electron chi connectivity index (χ0n) is 15.5. The molecule has 25 heavy (non-hydrogen) atoms. The molecule has 5 rings (SSSR count). The van der Waals surface area contributed by atoms with Gasteiger partial charge in [-0.05, 0) is 75.2 Å². The fraction of sp³-hybridized carbons (Fsp3) is 0.667. The first kappa shape index (κ1) is 17.0. The standard InChI is InChI=1S/C21H31N3O/c1-16(18-7-6-17-4-2-3-5-19(17)14-18)22-21(25)15-24-13-12-23-10-8-20(24)9-11-23/h6-7,14,16,20H,2-5,8-13,15H2,1H3,(H,22,25)/t16-/m1/s1. The van der Waals surface area contributed by atoms with Crippen LogP contribution in [-0.2, 0) is 17.6 Å². The first-order valence-electron chi connectivity index (χ1n) is 10.1. The van der Waals surface area contributed by atoms with Crippen LogP contribution >= 0.6 is 0 Å². The van der Waals surface area contributed by atoms with Crippen LogP contribution in [0.1, 0.15) is 55.3 Å². The highest BCUT2D eigenvalue weighted by molar-refractivity contribution is 5.78. The van der Waals surface area contributed by atoms with Crippen LogP contribution in [-0.4, -0.2) is 54.5 Å². The van der Waals surface area contributed by atoms with E-state index >= 15 is 0 Å². The van der Waals surface area contributed by atoms with E-state index in [0.717, 1.165) is 13.1 Å². The van der Waals surface area contributed by atoms with E-state index < -0.39 is 0 Å². The lowest BCUT2D eigenvalue weighted by Gasteiger charge is -2.31. The maximum atomic E-state index is 12.6. The van der Waals surface area contributed by atoms with Crippen LogP contribution in [0.15, 0.2) is 18.2 Å². The van der Waals surface area contributed by atoms with Crippen molar-refractivity contribution < 1.29 is 4.79 Å². The predicted molar refractivity (Wildman–Crippen MR) is 101 cm³/mol. The van der Waals surface area contributed by atoms with Crippen LogP contribution in [0.3, 0.4) is 0 Å². The SMILES string of the molecule is C[C@@H](NC(=O)CN1CCN2CCC1CC2)c1ccc2c(c1)CCCC2. The van der Waals surface area contributed by atoms with Gasteiger partial charge in [-0.1, -0.05) is 18.2 Å². The fourth-order valence-electron chi connectivity index (χ4n) is 4.75.